The van der Waals surface area contributed by atoms with E-state index in [0.29, 0.717) is 11.1 Å². The minimum absolute atomic E-state index is 0.249. The minimum Gasteiger partial charge on any atom is -0.464 e. The van der Waals surface area contributed by atoms with E-state index in [9.17, 15) is 9.59 Å². The van der Waals surface area contributed by atoms with Gasteiger partial charge in [-0.05, 0) is 22.9 Å². The second kappa shape index (κ2) is 6.39. The van der Waals surface area contributed by atoms with Crippen molar-refractivity contribution in [3.05, 3.63) is 46.4 Å². The lowest BCUT2D eigenvalue weighted by molar-refractivity contribution is 0.0591. The predicted molar refractivity (Wildman–Crippen MR) is 90.1 cm³/mol. The van der Waals surface area contributed by atoms with Crippen LogP contribution >= 0.6 is 22.7 Å². The van der Waals surface area contributed by atoms with Crippen molar-refractivity contribution in [2.75, 3.05) is 14.2 Å². The predicted octanol–water partition coefficient (Wildman–Crippen LogP) is 4.04. The molecule has 0 radical (unpaired) electrons. The lowest BCUT2D eigenvalue weighted by Gasteiger charge is -2.04. The third-order valence-corrected chi connectivity index (χ3v) is 5.09. The summed E-state index contributed by atoms with van der Waals surface area (Å²) in [4.78, 5) is 29.0. The molecule has 3 heterocycles. The number of methoxy groups -OCH3 is 2. The Morgan fingerprint density at radius 3 is 1.61 bits per heavy atom. The van der Waals surface area contributed by atoms with E-state index in [1.54, 1.807) is 0 Å². The number of aromatic nitrogens is 1. The largest absolute Gasteiger partial charge is 0.464 e. The van der Waals surface area contributed by atoms with Crippen molar-refractivity contribution in [2.45, 2.75) is 0 Å². The van der Waals surface area contributed by atoms with Gasteiger partial charge in [0.05, 0.1) is 14.2 Å². The van der Waals surface area contributed by atoms with E-state index in [2.05, 4.69) is 4.98 Å². The summed E-state index contributed by atoms with van der Waals surface area (Å²) >= 11 is 2.97. The van der Waals surface area contributed by atoms with Crippen LogP contribution in [-0.4, -0.2) is 31.1 Å². The van der Waals surface area contributed by atoms with Gasteiger partial charge in [0.2, 0.25) is 0 Å². The van der Waals surface area contributed by atoms with Crippen molar-refractivity contribution in [1.29, 1.82) is 0 Å². The van der Waals surface area contributed by atoms with Crippen molar-refractivity contribution in [2.24, 2.45) is 0 Å². The van der Waals surface area contributed by atoms with Crippen molar-refractivity contribution >= 4 is 34.6 Å². The van der Waals surface area contributed by atoms with Gasteiger partial charge in [0.1, 0.15) is 11.4 Å². The second-order valence-electron chi connectivity index (χ2n) is 4.56. The monoisotopic (exact) mass is 347 g/mol. The zero-order valence-corrected chi connectivity index (χ0v) is 14.0. The summed E-state index contributed by atoms with van der Waals surface area (Å²) in [5.41, 5.74) is 1.82. The Labute approximate surface area is 140 Å². The number of carbonyl (C=O) groups excluding carboxylic acids is 2. The van der Waals surface area contributed by atoms with Gasteiger partial charge in [-0.2, -0.15) is 0 Å². The first-order valence-electron chi connectivity index (χ1n) is 6.67. The summed E-state index contributed by atoms with van der Waals surface area (Å²) in [5, 5.41) is 3.83. The van der Waals surface area contributed by atoms with Crippen LogP contribution in [-0.2, 0) is 9.47 Å². The van der Waals surface area contributed by atoms with Crippen LogP contribution in [0.25, 0.3) is 20.9 Å². The van der Waals surface area contributed by atoms with Crippen LogP contribution in [0.2, 0.25) is 0 Å². The van der Waals surface area contributed by atoms with Crippen LogP contribution in [0, 0.1) is 0 Å². The Morgan fingerprint density at radius 1 is 0.870 bits per heavy atom. The van der Waals surface area contributed by atoms with Crippen molar-refractivity contribution in [3.63, 3.8) is 0 Å². The maximum absolute atomic E-state index is 12.2. The van der Waals surface area contributed by atoms with E-state index in [1.807, 2.05) is 35.0 Å². The SMILES string of the molecule is COC(=O)c1[nH]c(C(=O)OC)c(-c2cccs2)c1-c1cccs1. The van der Waals surface area contributed by atoms with E-state index in [-0.39, 0.29) is 11.4 Å². The number of hydrogen-bond donors (Lipinski definition) is 1. The lowest BCUT2D eigenvalue weighted by atomic mass is 10.0. The normalized spacial score (nSPS) is 10.5. The van der Waals surface area contributed by atoms with Gasteiger partial charge in [-0.15, -0.1) is 22.7 Å². The van der Waals surface area contributed by atoms with Crippen molar-refractivity contribution in [1.82, 2.24) is 4.98 Å². The molecule has 7 heteroatoms. The fourth-order valence-corrected chi connectivity index (χ4v) is 3.91. The van der Waals surface area contributed by atoms with E-state index in [0.717, 1.165) is 9.75 Å². The Balaban J connectivity index is 2.35. The molecule has 0 unspecified atom stereocenters. The molecule has 0 saturated carbocycles. The number of hydrogen-bond acceptors (Lipinski definition) is 6. The highest BCUT2D eigenvalue weighted by molar-refractivity contribution is 7.14. The van der Waals surface area contributed by atoms with Crippen LogP contribution < -0.4 is 0 Å². The maximum Gasteiger partial charge on any atom is 0.355 e. The van der Waals surface area contributed by atoms with E-state index >= 15 is 0 Å². The van der Waals surface area contributed by atoms with Gasteiger partial charge >= 0.3 is 11.9 Å². The van der Waals surface area contributed by atoms with E-state index in [4.69, 9.17) is 9.47 Å². The second-order valence-corrected chi connectivity index (χ2v) is 6.46. The molecule has 0 aromatic carbocycles. The molecular weight excluding hydrogens is 334 g/mol. The Hall–Kier alpha value is -2.38. The summed E-state index contributed by atoms with van der Waals surface area (Å²) < 4.78 is 9.72. The highest BCUT2D eigenvalue weighted by atomic mass is 32.1. The van der Waals surface area contributed by atoms with Crippen molar-refractivity contribution in [3.8, 4) is 20.9 Å². The van der Waals surface area contributed by atoms with Crippen LogP contribution in [0.1, 0.15) is 21.0 Å². The van der Waals surface area contributed by atoms with E-state index in [1.165, 1.54) is 36.9 Å². The molecule has 1 N–H and O–H groups in total. The lowest BCUT2D eigenvalue weighted by Crippen LogP contribution is -2.06. The molecule has 0 atom stereocenters. The van der Waals surface area contributed by atoms with Gasteiger partial charge in [0.25, 0.3) is 0 Å². The number of thiophene rings is 2. The molecule has 23 heavy (non-hydrogen) atoms. The maximum atomic E-state index is 12.2. The van der Waals surface area contributed by atoms with Crippen LogP contribution in [0.15, 0.2) is 35.0 Å². The Bertz CT molecular complexity index is 763. The van der Waals surface area contributed by atoms with Gasteiger partial charge in [0, 0.05) is 20.9 Å². The summed E-state index contributed by atoms with van der Waals surface area (Å²) in [7, 11) is 2.62. The van der Waals surface area contributed by atoms with Gasteiger partial charge in [-0.1, -0.05) is 12.1 Å². The topological polar surface area (TPSA) is 68.4 Å². The average Bonchev–Trinajstić information content (AvgIpc) is 3.31. The molecule has 0 saturated heterocycles. The zero-order chi connectivity index (χ0) is 16.4. The quantitative estimate of drug-likeness (QED) is 0.723. The summed E-state index contributed by atoms with van der Waals surface area (Å²) in [6.07, 6.45) is 0. The fourth-order valence-electron chi connectivity index (χ4n) is 2.34. The number of nitrogens with one attached hydrogen (secondary N) is 1. The molecule has 3 aromatic heterocycles. The first-order valence-corrected chi connectivity index (χ1v) is 8.43. The molecule has 0 bridgehead atoms. The molecule has 0 aliphatic rings. The van der Waals surface area contributed by atoms with Crippen LogP contribution in [0.3, 0.4) is 0 Å². The third-order valence-electron chi connectivity index (χ3n) is 3.31. The molecule has 0 aliphatic heterocycles. The molecule has 3 aromatic rings. The summed E-state index contributed by atoms with van der Waals surface area (Å²) in [6, 6.07) is 7.59. The highest BCUT2D eigenvalue weighted by Gasteiger charge is 2.29. The number of carbonyl (C=O) groups is 2. The minimum atomic E-state index is -0.527. The number of aromatic amines is 1. The first kappa shape index (κ1) is 15.5. The molecule has 0 amide bonds. The molecule has 118 valence electrons. The van der Waals surface area contributed by atoms with Gasteiger partial charge < -0.3 is 14.5 Å². The molecule has 5 nitrogen and oxygen atoms in total. The smallest absolute Gasteiger partial charge is 0.355 e. The molecule has 3 rings (SSSR count). The molecule has 0 spiro atoms. The molecule has 0 aliphatic carbocycles. The first-order chi connectivity index (χ1) is 11.2. The van der Waals surface area contributed by atoms with Crippen molar-refractivity contribution < 1.29 is 19.1 Å². The number of esters is 2. The van der Waals surface area contributed by atoms with Crippen LogP contribution in [0.4, 0.5) is 0 Å². The standard InChI is InChI=1S/C16H13NO4S2/c1-20-15(18)13-11(9-5-3-7-22-9)12(10-6-4-8-23-10)14(17-13)16(19)21-2/h3-8,17H,1-2H3. The Morgan fingerprint density at radius 2 is 1.30 bits per heavy atom. The van der Waals surface area contributed by atoms with Gasteiger partial charge in [-0.3, -0.25) is 0 Å². The average molecular weight is 347 g/mol. The zero-order valence-electron chi connectivity index (χ0n) is 12.4. The molecule has 0 fully saturated rings. The number of rotatable bonds is 4. The number of ether oxygens (including phenoxy) is 2. The Kier molecular flexibility index (Phi) is 4.31. The fraction of sp³-hybridized carbons (Fsp3) is 0.125. The highest BCUT2D eigenvalue weighted by Crippen LogP contribution is 2.42. The number of H-pyrrole nitrogens is 1. The van der Waals surface area contributed by atoms with Gasteiger partial charge in [0.15, 0.2) is 0 Å². The third kappa shape index (κ3) is 2.69. The van der Waals surface area contributed by atoms with Gasteiger partial charge in [-0.25, -0.2) is 9.59 Å². The summed E-state index contributed by atoms with van der Waals surface area (Å²) in [6.45, 7) is 0. The van der Waals surface area contributed by atoms with Crippen LogP contribution in [0.5, 0.6) is 0 Å². The molecular formula is C16H13NO4S2. The van der Waals surface area contributed by atoms with E-state index < -0.39 is 11.9 Å². The summed E-state index contributed by atoms with van der Waals surface area (Å²) in [5.74, 6) is -1.05.